The summed E-state index contributed by atoms with van der Waals surface area (Å²) in [5.41, 5.74) is 3.67. The van der Waals surface area contributed by atoms with E-state index in [1.807, 2.05) is 41.1 Å². The number of fused-ring (bicyclic) bond motifs is 1. The van der Waals surface area contributed by atoms with Gasteiger partial charge >= 0.3 is 0 Å². The Kier molecular flexibility index (Phi) is 3.99. The summed E-state index contributed by atoms with van der Waals surface area (Å²) in [6.07, 6.45) is 1.77. The third-order valence-corrected chi connectivity index (χ3v) is 5.31. The highest BCUT2D eigenvalue weighted by molar-refractivity contribution is 7.08. The van der Waals surface area contributed by atoms with Gasteiger partial charge in [0.15, 0.2) is 5.69 Å². The average Bonchev–Trinajstić information content (AvgIpc) is 3.46. The second-order valence-corrected chi connectivity index (χ2v) is 6.98. The van der Waals surface area contributed by atoms with Crippen molar-refractivity contribution in [3.8, 4) is 28.7 Å². The lowest BCUT2D eigenvalue weighted by Crippen LogP contribution is -2.20. The summed E-state index contributed by atoms with van der Waals surface area (Å²) in [4.78, 5) is 8.97. The van der Waals surface area contributed by atoms with E-state index in [1.54, 1.807) is 24.8 Å². The van der Waals surface area contributed by atoms with Crippen LogP contribution < -0.4 is 4.74 Å². The molecule has 0 radical (unpaired) electrons. The second-order valence-electron chi connectivity index (χ2n) is 6.20. The van der Waals surface area contributed by atoms with E-state index in [0.29, 0.717) is 30.6 Å². The monoisotopic (exact) mass is 380 g/mol. The molecule has 7 nitrogen and oxygen atoms in total. The van der Waals surface area contributed by atoms with Crippen LogP contribution in [0.5, 0.6) is 5.75 Å². The van der Waals surface area contributed by atoms with Gasteiger partial charge in [0, 0.05) is 10.9 Å². The Labute approximate surface area is 159 Å². The molecule has 0 aliphatic carbocycles. The van der Waals surface area contributed by atoms with E-state index in [-0.39, 0.29) is 6.10 Å². The van der Waals surface area contributed by atoms with Gasteiger partial charge in [0.2, 0.25) is 5.82 Å². The van der Waals surface area contributed by atoms with Crippen LogP contribution in [0.1, 0.15) is 17.4 Å². The lowest BCUT2D eigenvalue weighted by atomic mass is 10.1. The lowest BCUT2D eigenvalue weighted by Gasteiger charge is -2.25. The molecule has 1 aromatic carbocycles. The first-order chi connectivity index (χ1) is 13.3. The number of benzene rings is 1. The van der Waals surface area contributed by atoms with Gasteiger partial charge in [-0.2, -0.15) is 16.3 Å². The summed E-state index contributed by atoms with van der Waals surface area (Å²) in [7, 11) is 1.66. The Morgan fingerprint density at radius 2 is 2.11 bits per heavy atom. The predicted octanol–water partition coefficient (Wildman–Crippen LogP) is 3.94. The minimum Gasteiger partial charge on any atom is -0.497 e. The van der Waals surface area contributed by atoms with Crippen LogP contribution in [0.15, 0.2) is 51.9 Å². The number of nitrogens with zero attached hydrogens (tertiary/aromatic N) is 4. The quantitative estimate of drug-likeness (QED) is 0.534. The number of imidazole rings is 1. The third-order valence-electron chi connectivity index (χ3n) is 4.63. The Bertz CT molecular complexity index is 1050. The molecule has 1 aliphatic rings. The van der Waals surface area contributed by atoms with Gasteiger partial charge in [-0.15, -0.1) is 0 Å². The van der Waals surface area contributed by atoms with E-state index in [4.69, 9.17) is 14.0 Å². The number of hydrogen-bond donors (Lipinski definition) is 0. The van der Waals surface area contributed by atoms with Crippen molar-refractivity contribution in [2.75, 3.05) is 7.11 Å². The molecule has 8 heteroatoms. The van der Waals surface area contributed by atoms with Crippen molar-refractivity contribution >= 4 is 11.3 Å². The van der Waals surface area contributed by atoms with E-state index in [9.17, 15) is 0 Å². The van der Waals surface area contributed by atoms with E-state index in [0.717, 1.165) is 22.6 Å². The van der Waals surface area contributed by atoms with E-state index in [1.165, 1.54) is 0 Å². The van der Waals surface area contributed by atoms with E-state index >= 15 is 0 Å². The molecular weight excluding hydrogens is 364 g/mol. The topological polar surface area (TPSA) is 75.2 Å². The van der Waals surface area contributed by atoms with Gasteiger partial charge in [0.25, 0.3) is 5.89 Å². The zero-order valence-corrected chi connectivity index (χ0v) is 15.3. The fourth-order valence-corrected chi connectivity index (χ4v) is 3.79. The molecule has 1 aliphatic heterocycles. The Balaban J connectivity index is 1.40. The number of methoxy groups -OCH3 is 1. The summed E-state index contributed by atoms with van der Waals surface area (Å²) in [6.45, 7) is 1.11. The molecule has 4 heterocycles. The Morgan fingerprint density at radius 1 is 1.22 bits per heavy atom. The second kappa shape index (κ2) is 6.64. The first kappa shape index (κ1) is 16.2. The zero-order chi connectivity index (χ0) is 18.2. The summed E-state index contributed by atoms with van der Waals surface area (Å²) in [5.74, 6) is 1.82. The molecule has 0 fully saturated rings. The third kappa shape index (κ3) is 2.92. The molecule has 1 atom stereocenters. The summed E-state index contributed by atoms with van der Waals surface area (Å²) in [6, 6.07) is 9.90. The highest BCUT2D eigenvalue weighted by Gasteiger charge is 2.26. The van der Waals surface area contributed by atoms with Crippen molar-refractivity contribution in [2.24, 2.45) is 0 Å². The summed E-state index contributed by atoms with van der Waals surface area (Å²) in [5, 5.41) is 8.03. The molecule has 0 saturated heterocycles. The van der Waals surface area contributed by atoms with Crippen LogP contribution in [0.25, 0.3) is 23.0 Å². The molecular formula is C19H16N4O3S. The maximum atomic E-state index is 6.07. The molecule has 0 bridgehead atoms. The first-order valence-electron chi connectivity index (χ1n) is 8.48. The van der Waals surface area contributed by atoms with Crippen molar-refractivity contribution < 1.29 is 14.0 Å². The van der Waals surface area contributed by atoms with Gasteiger partial charge in [-0.1, -0.05) is 17.3 Å². The van der Waals surface area contributed by atoms with Gasteiger partial charge in [0.05, 0.1) is 32.3 Å². The van der Waals surface area contributed by atoms with Crippen molar-refractivity contribution in [1.29, 1.82) is 0 Å². The standard InChI is InChI=1S/C19H16N4O3S/c1-24-14-4-2-12(3-5-14)16-8-23-11-20-17(15(23)9-25-16)19-21-18(22-26-19)13-6-7-27-10-13/h2-7,10-11,16H,8-9H2,1H3/t16-/m1/s1. The molecule has 3 aromatic heterocycles. The smallest absolute Gasteiger partial charge is 0.278 e. The normalized spacial score (nSPS) is 16.3. The maximum absolute atomic E-state index is 6.07. The maximum Gasteiger partial charge on any atom is 0.278 e. The van der Waals surface area contributed by atoms with Crippen LogP contribution >= 0.6 is 11.3 Å². The van der Waals surface area contributed by atoms with Gasteiger partial charge in [-0.25, -0.2) is 4.98 Å². The lowest BCUT2D eigenvalue weighted by molar-refractivity contribution is 0.00328. The predicted molar refractivity (Wildman–Crippen MR) is 99.4 cm³/mol. The molecule has 0 amide bonds. The summed E-state index contributed by atoms with van der Waals surface area (Å²) < 4.78 is 18.8. The number of aromatic nitrogens is 4. The molecule has 27 heavy (non-hydrogen) atoms. The van der Waals surface area contributed by atoms with Gasteiger partial charge < -0.3 is 18.6 Å². The summed E-state index contributed by atoms with van der Waals surface area (Å²) >= 11 is 1.60. The highest BCUT2D eigenvalue weighted by atomic mass is 32.1. The molecule has 5 rings (SSSR count). The molecule has 0 N–H and O–H groups in total. The number of ether oxygens (including phenoxy) is 2. The first-order valence-corrected chi connectivity index (χ1v) is 9.42. The SMILES string of the molecule is COc1ccc([C@H]2Cn3cnc(-c4nc(-c5ccsc5)no4)c3CO2)cc1. The van der Waals surface area contributed by atoms with Crippen LogP contribution in [0.4, 0.5) is 0 Å². The fourth-order valence-electron chi connectivity index (χ4n) is 3.15. The van der Waals surface area contributed by atoms with Gasteiger partial charge in [0.1, 0.15) is 11.9 Å². The molecule has 4 aromatic rings. The van der Waals surface area contributed by atoms with Gasteiger partial charge in [-0.3, -0.25) is 0 Å². The average molecular weight is 380 g/mol. The van der Waals surface area contributed by atoms with Crippen molar-refractivity contribution in [3.63, 3.8) is 0 Å². The van der Waals surface area contributed by atoms with Crippen LogP contribution in [-0.4, -0.2) is 26.8 Å². The molecule has 136 valence electrons. The number of rotatable bonds is 4. The van der Waals surface area contributed by atoms with Crippen LogP contribution in [0.3, 0.4) is 0 Å². The van der Waals surface area contributed by atoms with Crippen LogP contribution in [0, 0.1) is 0 Å². The van der Waals surface area contributed by atoms with Crippen molar-refractivity contribution in [3.05, 3.63) is 58.7 Å². The highest BCUT2D eigenvalue weighted by Crippen LogP contribution is 2.32. The van der Waals surface area contributed by atoms with Crippen LogP contribution in [-0.2, 0) is 17.9 Å². The van der Waals surface area contributed by atoms with Crippen molar-refractivity contribution in [1.82, 2.24) is 19.7 Å². The minimum absolute atomic E-state index is 0.0329. The molecule has 0 spiro atoms. The van der Waals surface area contributed by atoms with Crippen molar-refractivity contribution in [2.45, 2.75) is 19.3 Å². The fraction of sp³-hybridized carbons (Fsp3) is 0.211. The number of thiophene rings is 1. The van der Waals surface area contributed by atoms with E-state index < -0.39 is 0 Å². The Morgan fingerprint density at radius 3 is 2.89 bits per heavy atom. The zero-order valence-electron chi connectivity index (χ0n) is 14.5. The Hall–Kier alpha value is -2.97. The molecule has 0 saturated carbocycles. The van der Waals surface area contributed by atoms with Gasteiger partial charge in [-0.05, 0) is 29.1 Å². The molecule has 0 unspecified atom stereocenters. The van der Waals surface area contributed by atoms with E-state index in [2.05, 4.69) is 19.7 Å². The largest absolute Gasteiger partial charge is 0.497 e. The minimum atomic E-state index is -0.0329. The number of hydrogen-bond acceptors (Lipinski definition) is 7. The van der Waals surface area contributed by atoms with Crippen LogP contribution in [0.2, 0.25) is 0 Å².